The van der Waals surface area contributed by atoms with Crippen LogP contribution in [-0.2, 0) is 0 Å². The molecule has 1 saturated heterocycles. The maximum absolute atomic E-state index is 12.1. The lowest BCUT2D eigenvalue weighted by Crippen LogP contribution is -2.45. The highest BCUT2D eigenvalue weighted by Crippen LogP contribution is 2.26. The van der Waals surface area contributed by atoms with Crippen LogP contribution in [0.4, 0.5) is 16.2 Å². The lowest BCUT2D eigenvalue weighted by molar-refractivity contribution is 0.148. The van der Waals surface area contributed by atoms with Crippen molar-refractivity contribution >= 4 is 17.4 Å². The molecule has 1 aliphatic rings. The highest BCUT2D eigenvalue weighted by atomic mass is 16.3. The van der Waals surface area contributed by atoms with Gasteiger partial charge in [0.25, 0.3) is 0 Å². The van der Waals surface area contributed by atoms with Gasteiger partial charge in [0.15, 0.2) is 0 Å². The summed E-state index contributed by atoms with van der Waals surface area (Å²) in [5, 5.41) is 15.5. The number of likely N-dealkylation sites (N-methyl/N-ethyl adjacent to an activating group) is 1. The molecule has 1 aliphatic heterocycles. The fourth-order valence-corrected chi connectivity index (χ4v) is 2.91. The van der Waals surface area contributed by atoms with Crippen molar-refractivity contribution in [2.45, 2.75) is 26.4 Å². The van der Waals surface area contributed by atoms with E-state index in [2.05, 4.69) is 41.3 Å². The van der Waals surface area contributed by atoms with Crippen molar-refractivity contribution in [1.82, 2.24) is 10.2 Å². The van der Waals surface area contributed by atoms with Gasteiger partial charge in [0.05, 0.1) is 17.5 Å². The molecule has 1 aromatic rings. The summed E-state index contributed by atoms with van der Waals surface area (Å²) in [5.41, 5.74) is 1.85. The highest BCUT2D eigenvalue weighted by molar-refractivity contribution is 5.93. The minimum absolute atomic E-state index is 0.265. The average molecular weight is 334 g/mol. The van der Waals surface area contributed by atoms with Gasteiger partial charge in [-0.3, -0.25) is 0 Å². The Bertz CT molecular complexity index is 528. The van der Waals surface area contributed by atoms with Crippen LogP contribution in [0.3, 0.4) is 0 Å². The minimum atomic E-state index is -0.511. The van der Waals surface area contributed by atoms with Gasteiger partial charge in [-0.25, -0.2) is 4.79 Å². The zero-order valence-electron chi connectivity index (χ0n) is 15.0. The van der Waals surface area contributed by atoms with E-state index in [1.54, 1.807) is 0 Å². The van der Waals surface area contributed by atoms with E-state index >= 15 is 0 Å². The van der Waals surface area contributed by atoms with Crippen molar-refractivity contribution in [1.29, 1.82) is 0 Å². The number of hydrogen-bond acceptors (Lipinski definition) is 4. The molecule has 0 radical (unpaired) electrons. The largest absolute Gasteiger partial charge is 0.391 e. The van der Waals surface area contributed by atoms with E-state index in [0.717, 1.165) is 37.6 Å². The summed E-state index contributed by atoms with van der Waals surface area (Å²) >= 11 is 0. The molecule has 1 heterocycles. The SMILES string of the molecule is CC(C)C[C@H](O)CNC(=O)Nc1ccccc1N1CCN(C)CC1. The third kappa shape index (κ3) is 5.69. The van der Waals surface area contributed by atoms with Crippen molar-refractivity contribution in [3.63, 3.8) is 0 Å². The number of aliphatic hydroxyl groups is 1. The number of anilines is 2. The molecule has 0 spiro atoms. The average Bonchev–Trinajstić information content (AvgIpc) is 2.54. The molecule has 0 aromatic heterocycles. The van der Waals surface area contributed by atoms with Gasteiger partial charge in [-0.05, 0) is 31.5 Å². The van der Waals surface area contributed by atoms with Crippen LogP contribution >= 0.6 is 0 Å². The van der Waals surface area contributed by atoms with Gasteiger partial charge < -0.3 is 25.5 Å². The van der Waals surface area contributed by atoms with Crippen LogP contribution < -0.4 is 15.5 Å². The van der Waals surface area contributed by atoms with E-state index in [-0.39, 0.29) is 12.6 Å². The Morgan fingerprint density at radius 1 is 1.21 bits per heavy atom. The molecule has 1 aromatic carbocycles. The molecular formula is C18H30N4O2. The van der Waals surface area contributed by atoms with Gasteiger partial charge in [0, 0.05) is 32.7 Å². The Hall–Kier alpha value is -1.79. The number of hydrogen-bond donors (Lipinski definition) is 3. The number of nitrogens with zero attached hydrogens (tertiary/aromatic N) is 2. The predicted molar refractivity (Wildman–Crippen MR) is 98.6 cm³/mol. The number of amides is 2. The van der Waals surface area contributed by atoms with Gasteiger partial charge in [-0.15, -0.1) is 0 Å². The Morgan fingerprint density at radius 2 is 1.88 bits per heavy atom. The first-order valence-corrected chi connectivity index (χ1v) is 8.71. The lowest BCUT2D eigenvalue weighted by atomic mass is 10.1. The number of carbonyl (C=O) groups is 1. The Labute approximate surface area is 144 Å². The highest BCUT2D eigenvalue weighted by Gasteiger charge is 2.18. The van der Waals surface area contributed by atoms with Crippen LogP contribution in [0.2, 0.25) is 0 Å². The Balaban J connectivity index is 1.91. The molecule has 0 unspecified atom stereocenters. The zero-order chi connectivity index (χ0) is 17.5. The molecule has 24 heavy (non-hydrogen) atoms. The first-order valence-electron chi connectivity index (χ1n) is 8.71. The second-order valence-corrected chi connectivity index (χ2v) is 6.93. The molecule has 3 N–H and O–H groups in total. The van der Waals surface area contributed by atoms with Gasteiger partial charge in [-0.2, -0.15) is 0 Å². The maximum Gasteiger partial charge on any atom is 0.319 e. The third-order valence-corrected chi connectivity index (χ3v) is 4.24. The summed E-state index contributed by atoms with van der Waals surface area (Å²) in [6.07, 6.45) is 0.168. The minimum Gasteiger partial charge on any atom is -0.391 e. The van der Waals surface area contributed by atoms with Crippen LogP contribution in [0.25, 0.3) is 0 Å². The predicted octanol–water partition coefficient (Wildman–Crippen LogP) is 1.97. The van der Waals surface area contributed by atoms with Crippen LogP contribution in [0.15, 0.2) is 24.3 Å². The van der Waals surface area contributed by atoms with Gasteiger partial charge in [-0.1, -0.05) is 26.0 Å². The number of aliphatic hydroxyl groups excluding tert-OH is 1. The quantitative estimate of drug-likeness (QED) is 0.744. The summed E-state index contributed by atoms with van der Waals surface area (Å²) in [6.45, 7) is 8.30. The Morgan fingerprint density at radius 3 is 2.54 bits per heavy atom. The van der Waals surface area contributed by atoms with E-state index < -0.39 is 6.10 Å². The normalized spacial score (nSPS) is 17.0. The van der Waals surface area contributed by atoms with Crippen molar-refractivity contribution in [2.75, 3.05) is 50.0 Å². The number of nitrogens with one attached hydrogen (secondary N) is 2. The molecule has 0 bridgehead atoms. The standard InChI is InChI=1S/C18H30N4O2/c1-14(2)12-15(23)13-19-18(24)20-16-6-4-5-7-17(16)22-10-8-21(3)9-11-22/h4-7,14-15,23H,8-13H2,1-3H3,(H2,19,20,24)/t15-/m0/s1. The number of carbonyl (C=O) groups excluding carboxylic acids is 1. The van der Waals surface area contributed by atoms with Crippen LogP contribution in [-0.4, -0.2) is 61.9 Å². The topological polar surface area (TPSA) is 67.8 Å². The van der Waals surface area contributed by atoms with Gasteiger partial charge >= 0.3 is 6.03 Å². The second-order valence-electron chi connectivity index (χ2n) is 6.93. The van der Waals surface area contributed by atoms with Crippen LogP contribution in [0.1, 0.15) is 20.3 Å². The van der Waals surface area contributed by atoms with Crippen molar-refractivity contribution in [2.24, 2.45) is 5.92 Å². The van der Waals surface area contributed by atoms with Crippen LogP contribution in [0, 0.1) is 5.92 Å². The van der Waals surface area contributed by atoms with E-state index in [0.29, 0.717) is 12.3 Å². The number of benzene rings is 1. The number of urea groups is 1. The summed E-state index contributed by atoms with van der Waals surface area (Å²) in [6, 6.07) is 7.58. The first-order chi connectivity index (χ1) is 11.5. The number of para-hydroxylation sites is 2. The Kier molecular flexibility index (Phi) is 6.87. The smallest absolute Gasteiger partial charge is 0.319 e. The summed E-state index contributed by atoms with van der Waals surface area (Å²) in [4.78, 5) is 16.7. The number of rotatable bonds is 6. The molecule has 134 valence electrons. The molecular weight excluding hydrogens is 304 g/mol. The van der Waals surface area contributed by atoms with Crippen molar-refractivity contribution in [3.05, 3.63) is 24.3 Å². The van der Waals surface area contributed by atoms with Crippen LogP contribution in [0.5, 0.6) is 0 Å². The molecule has 1 fully saturated rings. The van der Waals surface area contributed by atoms with E-state index in [4.69, 9.17) is 0 Å². The van der Waals surface area contributed by atoms with Crippen molar-refractivity contribution in [3.8, 4) is 0 Å². The maximum atomic E-state index is 12.1. The van der Waals surface area contributed by atoms with E-state index in [1.807, 2.05) is 24.3 Å². The summed E-state index contributed by atoms with van der Waals surface area (Å²) in [5.74, 6) is 0.405. The molecule has 6 nitrogen and oxygen atoms in total. The van der Waals surface area contributed by atoms with Crippen molar-refractivity contribution < 1.29 is 9.90 Å². The fraction of sp³-hybridized carbons (Fsp3) is 0.611. The second kappa shape index (κ2) is 8.89. The van der Waals surface area contributed by atoms with E-state index in [1.165, 1.54) is 0 Å². The first kappa shape index (κ1) is 18.5. The molecule has 0 aliphatic carbocycles. The lowest BCUT2D eigenvalue weighted by Gasteiger charge is -2.35. The summed E-state index contributed by atoms with van der Waals surface area (Å²) < 4.78 is 0. The molecule has 2 amide bonds. The molecule has 6 heteroatoms. The third-order valence-electron chi connectivity index (χ3n) is 4.24. The van der Waals surface area contributed by atoms with Gasteiger partial charge in [0.1, 0.15) is 0 Å². The molecule has 1 atom stereocenters. The number of piperazine rings is 1. The molecule has 2 rings (SSSR count). The fourth-order valence-electron chi connectivity index (χ4n) is 2.91. The van der Waals surface area contributed by atoms with Gasteiger partial charge in [0.2, 0.25) is 0 Å². The summed E-state index contributed by atoms with van der Waals surface area (Å²) in [7, 11) is 2.12. The zero-order valence-corrected chi connectivity index (χ0v) is 15.0. The molecule has 0 saturated carbocycles. The monoisotopic (exact) mass is 334 g/mol. The van der Waals surface area contributed by atoms with E-state index in [9.17, 15) is 9.90 Å².